The van der Waals surface area contributed by atoms with Gasteiger partial charge in [0.2, 0.25) is 0 Å². The molecular weight excluding hydrogens is 446 g/mol. The molecule has 2 amide bonds. The highest BCUT2D eigenvalue weighted by molar-refractivity contribution is 5.95. The van der Waals surface area contributed by atoms with Crippen molar-refractivity contribution in [3.8, 4) is 0 Å². The summed E-state index contributed by atoms with van der Waals surface area (Å²) in [4.78, 5) is 21.6. The van der Waals surface area contributed by atoms with Gasteiger partial charge in [-0.1, -0.05) is 88.4 Å². The van der Waals surface area contributed by atoms with Crippen LogP contribution in [0.1, 0.15) is 64.1 Å². The number of anilines is 1. The normalized spacial score (nSPS) is 15.6. The molecule has 6 heteroatoms. The fourth-order valence-corrected chi connectivity index (χ4v) is 4.68. The lowest BCUT2D eigenvalue weighted by Gasteiger charge is -2.37. The van der Waals surface area contributed by atoms with Gasteiger partial charge in [-0.3, -0.25) is 5.32 Å². The summed E-state index contributed by atoms with van der Waals surface area (Å²) in [5.41, 5.74) is 9.87. The Morgan fingerprint density at radius 2 is 1.53 bits per heavy atom. The third-order valence-corrected chi connectivity index (χ3v) is 6.83. The first-order valence-corrected chi connectivity index (χ1v) is 13.2. The number of amides is 2. The minimum Gasteiger partial charge on any atom is -0.370 e. The molecule has 1 fully saturated rings. The van der Waals surface area contributed by atoms with Gasteiger partial charge in [0.15, 0.2) is 5.96 Å². The van der Waals surface area contributed by atoms with Crippen LogP contribution in [0.15, 0.2) is 71.7 Å². The van der Waals surface area contributed by atoms with E-state index in [0.717, 1.165) is 35.8 Å². The number of carbonyl (C=O) groups excluding carboxylic acids is 1. The minimum absolute atomic E-state index is 0.148. The Kier molecular flexibility index (Phi) is 9.74. The van der Waals surface area contributed by atoms with E-state index in [2.05, 4.69) is 77.6 Å². The second-order valence-corrected chi connectivity index (χ2v) is 9.03. The van der Waals surface area contributed by atoms with Crippen molar-refractivity contribution >= 4 is 28.5 Å². The number of benzene rings is 3. The van der Waals surface area contributed by atoms with Crippen LogP contribution in [0.5, 0.6) is 0 Å². The Morgan fingerprint density at radius 3 is 2.25 bits per heavy atom. The Bertz CT molecular complexity index is 1160. The molecule has 36 heavy (non-hydrogen) atoms. The summed E-state index contributed by atoms with van der Waals surface area (Å²) in [5, 5.41) is 5.10. The van der Waals surface area contributed by atoms with Crippen LogP contribution in [0, 0.1) is 0 Å². The first-order chi connectivity index (χ1) is 17.5. The van der Waals surface area contributed by atoms with Gasteiger partial charge in [0.1, 0.15) is 0 Å². The van der Waals surface area contributed by atoms with E-state index < -0.39 is 0 Å². The van der Waals surface area contributed by atoms with Crippen molar-refractivity contribution in [3.63, 3.8) is 0 Å². The van der Waals surface area contributed by atoms with Crippen LogP contribution in [0.2, 0.25) is 0 Å². The molecule has 0 saturated carbocycles. The monoisotopic (exact) mass is 487 g/mol. The third kappa shape index (κ3) is 6.36. The number of aliphatic imine (C=N–C) groups is 1. The average Bonchev–Trinajstić information content (AvgIpc) is 2.93. The first kappa shape index (κ1) is 27.1. The summed E-state index contributed by atoms with van der Waals surface area (Å²) >= 11 is 0. The minimum atomic E-state index is -0.193. The summed E-state index contributed by atoms with van der Waals surface area (Å²) in [7, 11) is 0. The van der Waals surface area contributed by atoms with Gasteiger partial charge in [-0.2, -0.15) is 0 Å². The average molecular weight is 488 g/mol. The Balaban J connectivity index is 0.00000176. The summed E-state index contributed by atoms with van der Waals surface area (Å²) in [6.45, 7) is 13.4. The van der Waals surface area contributed by atoms with Crippen molar-refractivity contribution in [1.29, 1.82) is 0 Å². The van der Waals surface area contributed by atoms with Gasteiger partial charge in [-0.05, 0) is 47.2 Å². The van der Waals surface area contributed by atoms with Crippen LogP contribution in [0.3, 0.4) is 0 Å². The molecule has 0 bridgehead atoms. The van der Waals surface area contributed by atoms with Crippen LogP contribution in [0.4, 0.5) is 10.5 Å². The molecule has 4 rings (SSSR count). The zero-order valence-electron chi connectivity index (χ0n) is 22.4. The first-order valence-electron chi connectivity index (χ1n) is 13.2. The number of carbonyl (C=O) groups is 1. The van der Waals surface area contributed by atoms with Crippen LogP contribution in [-0.4, -0.2) is 43.1 Å². The van der Waals surface area contributed by atoms with Gasteiger partial charge in [0, 0.05) is 31.9 Å². The fourth-order valence-electron chi connectivity index (χ4n) is 4.68. The molecule has 0 aromatic heterocycles. The lowest BCUT2D eigenvalue weighted by atomic mass is 9.96. The molecule has 192 valence electrons. The fraction of sp³-hybridized carbons (Fsp3) is 0.400. The smallest absolute Gasteiger partial charge is 0.324 e. The van der Waals surface area contributed by atoms with Crippen LogP contribution in [0.25, 0.3) is 10.8 Å². The van der Waals surface area contributed by atoms with E-state index in [1.807, 2.05) is 43.9 Å². The molecule has 0 radical (unpaired) electrons. The van der Waals surface area contributed by atoms with Crippen molar-refractivity contribution in [2.75, 3.05) is 31.1 Å². The molecule has 0 spiro atoms. The third-order valence-electron chi connectivity index (χ3n) is 6.83. The van der Waals surface area contributed by atoms with Crippen LogP contribution < -0.4 is 16.0 Å². The molecule has 3 aromatic carbocycles. The number of nitrogens with one attached hydrogen (secondary N) is 1. The molecular formula is C30H41N5O. The second kappa shape index (κ2) is 13.0. The predicted octanol–water partition coefficient (Wildman–Crippen LogP) is 6.29. The van der Waals surface area contributed by atoms with E-state index >= 15 is 0 Å². The highest BCUT2D eigenvalue weighted by atomic mass is 16.2. The largest absolute Gasteiger partial charge is 0.370 e. The lowest BCUT2D eigenvalue weighted by Crippen LogP contribution is -2.54. The zero-order valence-corrected chi connectivity index (χ0v) is 22.4. The van der Waals surface area contributed by atoms with Crippen LogP contribution >= 0.6 is 0 Å². The number of guanidine groups is 1. The van der Waals surface area contributed by atoms with Gasteiger partial charge in [-0.15, -0.1) is 0 Å². The lowest BCUT2D eigenvalue weighted by molar-refractivity contribution is 0.199. The molecule has 6 nitrogen and oxygen atoms in total. The van der Waals surface area contributed by atoms with Crippen molar-refractivity contribution in [1.82, 2.24) is 10.2 Å². The van der Waals surface area contributed by atoms with E-state index in [1.54, 1.807) is 0 Å². The quantitative estimate of drug-likeness (QED) is 0.328. The summed E-state index contributed by atoms with van der Waals surface area (Å²) in [6.07, 6.45) is 1.11. The van der Waals surface area contributed by atoms with Gasteiger partial charge < -0.3 is 15.5 Å². The Morgan fingerprint density at radius 1 is 0.917 bits per heavy atom. The Hall–Kier alpha value is -3.54. The van der Waals surface area contributed by atoms with Gasteiger partial charge >= 0.3 is 6.03 Å². The number of piperazine rings is 1. The number of para-hydroxylation sites is 1. The van der Waals surface area contributed by atoms with E-state index in [4.69, 9.17) is 5.73 Å². The summed E-state index contributed by atoms with van der Waals surface area (Å²) in [6, 6.07) is 22.6. The van der Waals surface area contributed by atoms with Gasteiger partial charge in [0.05, 0.1) is 6.04 Å². The maximum absolute atomic E-state index is 12.8. The van der Waals surface area contributed by atoms with E-state index in [9.17, 15) is 4.79 Å². The highest BCUT2D eigenvalue weighted by Crippen LogP contribution is 2.30. The predicted molar refractivity (Wildman–Crippen MR) is 153 cm³/mol. The van der Waals surface area contributed by atoms with Crippen molar-refractivity contribution in [2.24, 2.45) is 10.7 Å². The molecule has 1 heterocycles. The molecule has 3 N–H and O–H groups in total. The maximum Gasteiger partial charge on any atom is 0.324 e. The molecule has 0 aliphatic carbocycles. The van der Waals surface area contributed by atoms with Gasteiger partial charge in [0.25, 0.3) is 0 Å². The molecule has 3 aromatic rings. The van der Waals surface area contributed by atoms with Crippen LogP contribution in [-0.2, 0) is 0 Å². The van der Waals surface area contributed by atoms with Gasteiger partial charge in [-0.25, -0.2) is 9.79 Å². The number of rotatable bonds is 5. The standard InChI is InChI=1S/C28H35N5O.C2H6/c1-4-20(2)23-12-7-8-15-26(23)32-16-18-33(19-17-32)28(34)31-27(29)30-21(3)24-14-9-11-22-10-5-6-13-25(22)24;1-2/h5-15,20-21H,4,16-19H2,1-3H3,(H3,29,30,31,34);1-2H3. The molecule has 2 atom stereocenters. The van der Waals surface area contributed by atoms with E-state index in [1.165, 1.54) is 11.3 Å². The Labute approximate surface area is 216 Å². The second-order valence-electron chi connectivity index (χ2n) is 9.03. The summed E-state index contributed by atoms with van der Waals surface area (Å²) in [5.74, 6) is 0.659. The topological polar surface area (TPSA) is 74.0 Å². The zero-order chi connectivity index (χ0) is 26.1. The van der Waals surface area contributed by atoms with Crippen molar-refractivity contribution in [3.05, 3.63) is 77.9 Å². The van der Waals surface area contributed by atoms with Crippen molar-refractivity contribution < 1.29 is 4.79 Å². The number of hydrogen-bond donors (Lipinski definition) is 2. The molecule has 1 saturated heterocycles. The number of nitrogens with zero attached hydrogens (tertiary/aromatic N) is 3. The van der Waals surface area contributed by atoms with E-state index in [0.29, 0.717) is 19.0 Å². The van der Waals surface area contributed by atoms with Crippen molar-refractivity contribution in [2.45, 2.75) is 53.0 Å². The number of fused-ring (bicyclic) bond motifs is 1. The molecule has 1 aliphatic heterocycles. The number of urea groups is 1. The number of nitrogens with two attached hydrogens (primary N) is 1. The maximum atomic E-state index is 12.8. The molecule has 2 unspecified atom stereocenters. The highest BCUT2D eigenvalue weighted by Gasteiger charge is 2.24. The molecule has 1 aliphatic rings. The van der Waals surface area contributed by atoms with E-state index in [-0.39, 0.29) is 18.0 Å². The SMILES string of the molecule is CC.CCC(C)c1ccccc1N1CCN(C(=O)NC(N)=NC(C)c2cccc3ccccc23)CC1. The number of hydrogen-bond acceptors (Lipinski definition) is 3. The summed E-state index contributed by atoms with van der Waals surface area (Å²) < 4.78 is 0.